The Morgan fingerprint density at radius 1 is 0.446 bits per heavy atom. The maximum absolute atomic E-state index is 14.5. The van der Waals surface area contributed by atoms with Crippen molar-refractivity contribution in [2.75, 3.05) is 32.0 Å². The zero-order chi connectivity index (χ0) is 92.4. The summed E-state index contributed by atoms with van der Waals surface area (Å²) >= 11 is 4.25. The fraction of sp³-hybridized carbons (Fsp3) is 0.733. The van der Waals surface area contributed by atoms with E-state index in [0.29, 0.717) is 25.8 Å². The molecule has 121 heavy (non-hydrogen) atoms. The number of rotatable bonds is 59. The lowest BCUT2D eigenvalue weighted by Crippen LogP contribution is -2.63. The molecule has 1 rings (SSSR count). The summed E-state index contributed by atoms with van der Waals surface area (Å²) in [7, 11) is 0. The van der Waals surface area contributed by atoms with Crippen molar-refractivity contribution in [3.63, 3.8) is 0 Å². The molecular formula is C75H132N22O23S. The van der Waals surface area contributed by atoms with E-state index in [1.807, 2.05) is 0 Å². The van der Waals surface area contributed by atoms with E-state index in [4.69, 9.17) is 39.8 Å². The van der Waals surface area contributed by atoms with Crippen molar-refractivity contribution in [3.05, 3.63) is 0 Å². The zero-order valence-corrected chi connectivity index (χ0v) is 71.7. The van der Waals surface area contributed by atoms with Crippen LogP contribution in [0.25, 0.3) is 0 Å². The Kier molecular flexibility index (Phi) is 49.6. The number of carbonyl (C=O) groups is 19. The molecule has 0 spiro atoms. The Labute approximate surface area is 708 Å². The number of likely N-dealkylation sites (tertiary alicyclic amines) is 1. The predicted molar refractivity (Wildman–Crippen MR) is 440 cm³/mol. The number of aliphatic hydroxyl groups excluding tert-OH is 2. The molecule has 0 saturated carbocycles. The first-order chi connectivity index (χ1) is 56.6. The van der Waals surface area contributed by atoms with Gasteiger partial charge in [-0.1, -0.05) is 88.5 Å². The van der Waals surface area contributed by atoms with E-state index in [1.165, 1.54) is 27.7 Å². The van der Waals surface area contributed by atoms with Crippen molar-refractivity contribution in [3.8, 4) is 0 Å². The van der Waals surface area contributed by atoms with Gasteiger partial charge in [-0.3, -0.25) is 91.7 Å². The van der Waals surface area contributed by atoms with Crippen LogP contribution in [0.4, 0.5) is 0 Å². The fourth-order valence-corrected chi connectivity index (χ4v) is 12.8. The van der Waals surface area contributed by atoms with E-state index in [1.54, 1.807) is 41.5 Å². The lowest BCUT2D eigenvalue weighted by atomic mass is 9.96. The van der Waals surface area contributed by atoms with Gasteiger partial charge >= 0.3 is 11.9 Å². The van der Waals surface area contributed by atoms with E-state index < -0.39 is 265 Å². The molecule has 0 aliphatic carbocycles. The molecule has 686 valence electrons. The Balaban J connectivity index is 3.60. The van der Waals surface area contributed by atoms with Crippen LogP contribution in [0.2, 0.25) is 0 Å². The van der Waals surface area contributed by atoms with E-state index >= 15 is 0 Å². The Hall–Kier alpha value is -10.6. The van der Waals surface area contributed by atoms with Crippen LogP contribution in [0.15, 0.2) is 0 Å². The molecule has 31 N–H and O–H groups in total. The minimum Gasteiger partial charge on any atom is -0.481 e. The summed E-state index contributed by atoms with van der Waals surface area (Å²) in [5.74, 6) is -24.3. The molecule has 1 saturated heterocycles. The molecule has 0 bridgehead atoms. The standard InChI is InChI=1S/C75H132N22O23S/c1-12-38(9)57(70(115)86-44(22-25-53(79)101)63(108)96-59(40(11)99)72(117)95-58(39(10)13-2)71(116)87-45(23-26-54(80)102)73(118)97-29-17-20-51(97)74(119)120)94-66(111)48(32-55(103)104)90-67(112)49(33-98)91-69(114)56(37(7)8)93-65(110)47(31-36(5)6)89-64(109)46(30-35(3)4)88-61(106)42(19-16-28-83-75(81)82)85-68(113)50(34-121)92-62(107)43(21-24-52(78)100)84-60(105)41(77)18-14-15-27-76/h35-51,56-59,98-99,121H,12-34,76-77H2,1-11H3,(H2,78,100)(H2,79,101)(H2,80,102)(H,84,105)(H,85,113)(H,86,115)(H,87,116)(H,88,106)(H,89,109)(H,90,112)(H,91,114)(H,92,107)(H,93,110)(H,94,111)(H,95,117)(H,96,108)(H,103,104)(H,119,120)(H4,81,82,83)/t38-,39-,40+,41-,42-,43-,44-,45-,46-,47-,48-,49-,50-,51-,56-,57-,58-,59-/m0/s1. The SMILES string of the molecule is CC[C@H](C)[C@H](NC(=O)[C@H](CC(=O)O)NC(=O)[C@H](CO)NC(=O)[C@@H](NC(=O)[C@H](CC(C)C)NC(=O)[C@H](CC(C)C)NC(=O)[C@H](CCCNC(=N)N)NC(=O)[C@H](CS)NC(=O)[C@H](CCC(N)=O)NC(=O)[C@@H](N)CCCCN)C(C)C)C(=O)N[C@@H](CCC(N)=O)C(=O)N[C@H](C(=O)N[C@H](C(=O)N[C@@H](CCC(N)=O)C(=O)N1CCC[C@H]1C(=O)O)[C@@H](C)CC)[C@@H](C)O. The van der Waals surface area contributed by atoms with Crippen LogP contribution >= 0.6 is 12.6 Å². The number of nitrogens with two attached hydrogens (primary N) is 6. The summed E-state index contributed by atoms with van der Waals surface area (Å²) in [4.78, 5) is 259. The lowest BCUT2D eigenvalue weighted by molar-refractivity contribution is -0.149. The van der Waals surface area contributed by atoms with Crippen molar-refractivity contribution in [2.45, 2.75) is 288 Å². The normalized spacial score (nSPS) is 16.8. The largest absolute Gasteiger partial charge is 0.481 e. The van der Waals surface area contributed by atoms with Crippen molar-refractivity contribution < 1.29 is 112 Å². The third-order valence-electron chi connectivity index (χ3n) is 19.9. The molecule has 45 nitrogen and oxygen atoms in total. The Morgan fingerprint density at radius 2 is 0.810 bits per heavy atom. The van der Waals surface area contributed by atoms with Gasteiger partial charge < -0.3 is 134 Å². The van der Waals surface area contributed by atoms with E-state index in [2.05, 4.69) is 87.1 Å². The highest BCUT2D eigenvalue weighted by atomic mass is 32.1. The second-order valence-electron chi connectivity index (χ2n) is 31.4. The number of aliphatic hydroxyl groups is 2. The third-order valence-corrected chi connectivity index (χ3v) is 20.2. The third kappa shape index (κ3) is 39.6. The number of guanidine groups is 1. The molecule has 1 aliphatic heterocycles. The van der Waals surface area contributed by atoms with Crippen LogP contribution in [0.1, 0.15) is 192 Å². The number of primary amides is 3. The van der Waals surface area contributed by atoms with E-state index in [9.17, 15) is 112 Å². The van der Waals surface area contributed by atoms with E-state index in [0.717, 1.165) is 11.8 Å². The number of hydrogen-bond donors (Lipinski definition) is 26. The summed E-state index contributed by atoms with van der Waals surface area (Å²) in [5, 5.41) is 83.3. The summed E-state index contributed by atoms with van der Waals surface area (Å²) in [6, 6.07) is -23.8. The summed E-state index contributed by atoms with van der Waals surface area (Å²) in [6.07, 6.45) is -3.84. The second kappa shape index (κ2) is 55.3. The van der Waals surface area contributed by atoms with Gasteiger partial charge in [0.2, 0.25) is 100 Å². The molecule has 17 amide bonds. The van der Waals surface area contributed by atoms with Crippen LogP contribution in [-0.2, 0) is 91.1 Å². The van der Waals surface area contributed by atoms with Crippen LogP contribution < -0.4 is 109 Å². The van der Waals surface area contributed by atoms with Gasteiger partial charge in [0.05, 0.1) is 25.2 Å². The van der Waals surface area contributed by atoms with Crippen LogP contribution in [0.5, 0.6) is 0 Å². The fourth-order valence-electron chi connectivity index (χ4n) is 12.5. The number of hydrogen-bond acceptors (Lipinski definition) is 25. The van der Waals surface area contributed by atoms with Gasteiger partial charge in [0.15, 0.2) is 5.96 Å². The number of nitrogens with one attached hydrogen (secondary N) is 15. The highest BCUT2D eigenvalue weighted by Crippen LogP contribution is 2.22. The molecule has 0 radical (unpaired) electrons. The molecule has 0 unspecified atom stereocenters. The molecule has 1 aliphatic rings. The minimum atomic E-state index is -2.10. The topological polar surface area (TPSA) is 757 Å². The van der Waals surface area contributed by atoms with Crippen molar-refractivity contribution >= 4 is 131 Å². The molecule has 0 aromatic heterocycles. The number of carbonyl (C=O) groups excluding carboxylic acids is 17. The summed E-state index contributed by atoms with van der Waals surface area (Å²) < 4.78 is 0. The zero-order valence-electron chi connectivity index (χ0n) is 70.8. The predicted octanol–water partition coefficient (Wildman–Crippen LogP) is -7.50. The first-order valence-electron chi connectivity index (χ1n) is 40.6. The lowest BCUT2D eigenvalue weighted by Gasteiger charge is -2.31. The van der Waals surface area contributed by atoms with Crippen molar-refractivity contribution in [1.82, 2.24) is 79.3 Å². The Bertz CT molecular complexity index is 3560. The van der Waals surface area contributed by atoms with Crippen molar-refractivity contribution in [1.29, 1.82) is 5.41 Å². The average Bonchev–Trinajstić information content (AvgIpc) is 1.80. The minimum absolute atomic E-state index is 0.0172. The maximum atomic E-state index is 14.5. The summed E-state index contributed by atoms with van der Waals surface area (Å²) in [6.45, 7) is 16.3. The molecule has 46 heteroatoms. The van der Waals surface area contributed by atoms with Gasteiger partial charge in [0.25, 0.3) is 0 Å². The van der Waals surface area contributed by atoms with Gasteiger partial charge in [0.1, 0.15) is 84.6 Å². The summed E-state index contributed by atoms with van der Waals surface area (Å²) in [5.41, 5.74) is 33.2. The first kappa shape index (κ1) is 108. The van der Waals surface area contributed by atoms with Crippen molar-refractivity contribution in [2.24, 2.45) is 64.0 Å². The van der Waals surface area contributed by atoms with Gasteiger partial charge in [-0.05, 0) is 114 Å². The number of carboxylic acid groups (broad SMARTS) is 2. The quantitative estimate of drug-likeness (QED) is 0.0116. The van der Waals surface area contributed by atoms with Gasteiger partial charge in [0, 0.05) is 38.1 Å². The highest BCUT2D eigenvalue weighted by molar-refractivity contribution is 7.80. The van der Waals surface area contributed by atoms with Crippen LogP contribution in [-0.4, -0.2) is 272 Å². The molecule has 18 atom stereocenters. The van der Waals surface area contributed by atoms with E-state index in [-0.39, 0.29) is 101 Å². The number of aliphatic carboxylic acids is 2. The number of amides is 17. The van der Waals surface area contributed by atoms with Gasteiger partial charge in [-0.15, -0.1) is 0 Å². The molecular weight excluding hydrogens is 1610 g/mol. The number of nitrogens with zero attached hydrogens (tertiary/aromatic N) is 1. The average molecular weight is 1740 g/mol. The van der Waals surface area contributed by atoms with Gasteiger partial charge in [-0.2, -0.15) is 12.6 Å². The molecule has 1 fully saturated rings. The molecule has 0 aromatic rings. The first-order valence-corrected chi connectivity index (χ1v) is 41.2. The monoisotopic (exact) mass is 1740 g/mol. The molecule has 0 aromatic carbocycles. The smallest absolute Gasteiger partial charge is 0.326 e. The highest BCUT2D eigenvalue weighted by Gasteiger charge is 2.43. The number of carboxylic acids is 2. The second-order valence-corrected chi connectivity index (χ2v) is 31.8. The van der Waals surface area contributed by atoms with Gasteiger partial charge in [-0.25, -0.2) is 4.79 Å². The van der Waals surface area contributed by atoms with Crippen LogP contribution in [0.3, 0.4) is 0 Å². The maximum Gasteiger partial charge on any atom is 0.326 e. The number of unbranched alkanes of at least 4 members (excludes halogenated alkanes) is 1. The molecule has 1 heterocycles. The Morgan fingerprint density at radius 3 is 1.25 bits per heavy atom. The number of thiol groups is 1. The van der Waals surface area contributed by atoms with Crippen LogP contribution in [0, 0.1) is 35.0 Å².